The van der Waals surface area contributed by atoms with Crippen LogP contribution in [0.1, 0.15) is 23.2 Å². The lowest BCUT2D eigenvalue weighted by Crippen LogP contribution is -2.31. The number of para-hydroxylation sites is 1. The minimum Gasteiger partial charge on any atom is -0.376 e. The van der Waals surface area contributed by atoms with Crippen molar-refractivity contribution in [3.8, 4) is 0 Å². The van der Waals surface area contributed by atoms with Crippen LogP contribution >= 0.6 is 0 Å². The Labute approximate surface area is 105 Å². The van der Waals surface area contributed by atoms with Crippen molar-refractivity contribution in [1.29, 1.82) is 0 Å². The fraction of sp³-hybridized carbons (Fsp3) is 0.357. The highest BCUT2D eigenvalue weighted by Crippen LogP contribution is 2.17. The van der Waals surface area contributed by atoms with Crippen LogP contribution in [0.3, 0.4) is 0 Å². The van der Waals surface area contributed by atoms with Gasteiger partial charge in [-0.1, -0.05) is 12.1 Å². The van der Waals surface area contributed by atoms with E-state index in [4.69, 9.17) is 4.74 Å². The number of H-pyrrole nitrogens is 1. The van der Waals surface area contributed by atoms with Gasteiger partial charge in [-0.3, -0.25) is 4.79 Å². The normalized spacial score (nSPS) is 19.2. The first-order valence-corrected chi connectivity index (χ1v) is 6.30. The van der Waals surface area contributed by atoms with Gasteiger partial charge >= 0.3 is 0 Å². The van der Waals surface area contributed by atoms with Gasteiger partial charge in [0.15, 0.2) is 0 Å². The number of nitrogens with one attached hydrogen (secondary N) is 2. The lowest BCUT2D eigenvalue weighted by atomic mass is 10.1. The fourth-order valence-corrected chi connectivity index (χ4v) is 2.38. The van der Waals surface area contributed by atoms with Crippen LogP contribution in [0.15, 0.2) is 30.5 Å². The third-order valence-electron chi connectivity index (χ3n) is 3.35. The average molecular weight is 244 g/mol. The number of ether oxygens (including phenoxy) is 1. The van der Waals surface area contributed by atoms with Gasteiger partial charge in [0.25, 0.3) is 5.91 Å². The van der Waals surface area contributed by atoms with Crippen LogP contribution in [0.2, 0.25) is 0 Å². The first-order chi connectivity index (χ1) is 8.84. The molecule has 94 valence electrons. The Bertz CT molecular complexity index is 556. The molecular weight excluding hydrogens is 228 g/mol. The summed E-state index contributed by atoms with van der Waals surface area (Å²) in [5, 5.41) is 3.99. The molecule has 0 unspecified atom stereocenters. The van der Waals surface area contributed by atoms with Gasteiger partial charge in [0.05, 0.1) is 17.2 Å². The maximum atomic E-state index is 12.1. The number of hydrogen-bond donors (Lipinski definition) is 2. The van der Waals surface area contributed by atoms with Crippen LogP contribution in [-0.2, 0) is 4.74 Å². The molecule has 2 heterocycles. The number of aromatic amines is 1. The zero-order chi connectivity index (χ0) is 12.4. The summed E-state index contributed by atoms with van der Waals surface area (Å²) in [6.45, 7) is 1.41. The molecule has 0 saturated carbocycles. The van der Waals surface area contributed by atoms with Gasteiger partial charge in [0.1, 0.15) is 0 Å². The monoisotopic (exact) mass is 244 g/mol. The lowest BCUT2D eigenvalue weighted by Gasteiger charge is -2.11. The van der Waals surface area contributed by atoms with Crippen LogP contribution in [0.5, 0.6) is 0 Å². The minimum atomic E-state index is -0.0430. The quantitative estimate of drug-likeness (QED) is 0.868. The van der Waals surface area contributed by atoms with Crippen molar-refractivity contribution in [3.05, 3.63) is 36.0 Å². The predicted molar refractivity (Wildman–Crippen MR) is 69.6 cm³/mol. The van der Waals surface area contributed by atoms with Gasteiger partial charge in [-0.2, -0.15) is 0 Å². The van der Waals surface area contributed by atoms with Gasteiger partial charge in [-0.25, -0.2) is 0 Å². The summed E-state index contributed by atoms with van der Waals surface area (Å²) in [6.07, 6.45) is 4.15. The molecule has 3 rings (SSSR count). The molecule has 1 amide bonds. The van der Waals surface area contributed by atoms with E-state index in [-0.39, 0.29) is 12.0 Å². The zero-order valence-corrected chi connectivity index (χ0v) is 10.1. The summed E-state index contributed by atoms with van der Waals surface area (Å²) in [7, 11) is 0. The summed E-state index contributed by atoms with van der Waals surface area (Å²) in [6, 6.07) is 7.69. The SMILES string of the molecule is O=C(NC[C@H]1CCCO1)c1cccc2cc[nH]c12. The van der Waals surface area contributed by atoms with Crippen molar-refractivity contribution in [2.24, 2.45) is 0 Å². The van der Waals surface area contributed by atoms with Gasteiger partial charge in [-0.15, -0.1) is 0 Å². The van der Waals surface area contributed by atoms with E-state index >= 15 is 0 Å². The highest BCUT2D eigenvalue weighted by Gasteiger charge is 2.17. The third-order valence-corrected chi connectivity index (χ3v) is 3.35. The van der Waals surface area contributed by atoms with Crippen LogP contribution in [0.4, 0.5) is 0 Å². The lowest BCUT2D eigenvalue weighted by molar-refractivity contribution is 0.0859. The number of benzene rings is 1. The molecule has 0 spiro atoms. The Kier molecular flexibility index (Phi) is 3.02. The average Bonchev–Trinajstić information content (AvgIpc) is 3.05. The zero-order valence-electron chi connectivity index (χ0n) is 10.1. The van der Waals surface area contributed by atoms with Crippen molar-refractivity contribution < 1.29 is 9.53 Å². The van der Waals surface area contributed by atoms with Crippen LogP contribution in [-0.4, -0.2) is 30.1 Å². The van der Waals surface area contributed by atoms with Gasteiger partial charge in [0.2, 0.25) is 0 Å². The highest BCUT2D eigenvalue weighted by atomic mass is 16.5. The Morgan fingerprint density at radius 3 is 3.22 bits per heavy atom. The third kappa shape index (κ3) is 2.11. The van der Waals surface area contributed by atoms with E-state index < -0.39 is 0 Å². The molecule has 4 nitrogen and oxygen atoms in total. The first kappa shape index (κ1) is 11.3. The van der Waals surface area contributed by atoms with Crippen LogP contribution < -0.4 is 5.32 Å². The Balaban J connectivity index is 1.73. The van der Waals surface area contributed by atoms with E-state index in [1.807, 2.05) is 30.5 Å². The second-order valence-corrected chi connectivity index (χ2v) is 4.59. The number of aromatic nitrogens is 1. The maximum Gasteiger partial charge on any atom is 0.253 e. The molecule has 1 atom stereocenters. The second-order valence-electron chi connectivity index (χ2n) is 4.59. The largest absolute Gasteiger partial charge is 0.376 e. The van der Waals surface area contributed by atoms with Crippen molar-refractivity contribution in [2.45, 2.75) is 18.9 Å². The molecule has 0 aliphatic carbocycles. The van der Waals surface area contributed by atoms with E-state index in [0.717, 1.165) is 30.4 Å². The molecule has 1 aliphatic rings. The summed E-state index contributed by atoms with van der Waals surface area (Å²) in [5.74, 6) is -0.0430. The molecule has 1 aromatic carbocycles. The van der Waals surface area contributed by atoms with Gasteiger partial charge in [0, 0.05) is 24.7 Å². The molecule has 0 radical (unpaired) electrons. The maximum absolute atomic E-state index is 12.1. The van der Waals surface area contributed by atoms with E-state index in [1.54, 1.807) is 0 Å². The van der Waals surface area contributed by atoms with E-state index in [1.165, 1.54) is 0 Å². The Morgan fingerprint density at radius 1 is 1.44 bits per heavy atom. The van der Waals surface area contributed by atoms with E-state index in [9.17, 15) is 4.79 Å². The molecule has 1 fully saturated rings. The van der Waals surface area contributed by atoms with E-state index in [0.29, 0.717) is 12.1 Å². The number of amides is 1. The first-order valence-electron chi connectivity index (χ1n) is 6.30. The standard InChI is InChI=1S/C14H16N2O2/c17-14(16-9-11-4-2-8-18-11)12-5-1-3-10-6-7-15-13(10)12/h1,3,5-7,11,15H,2,4,8-9H2,(H,16,17)/t11-/m1/s1. The molecule has 1 aromatic heterocycles. The number of hydrogen-bond acceptors (Lipinski definition) is 2. The van der Waals surface area contributed by atoms with Crippen molar-refractivity contribution in [1.82, 2.24) is 10.3 Å². The molecule has 18 heavy (non-hydrogen) atoms. The van der Waals surface area contributed by atoms with Crippen LogP contribution in [0.25, 0.3) is 10.9 Å². The van der Waals surface area contributed by atoms with Crippen molar-refractivity contribution in [2.75, 3.05) is 13.2 Å². The topological polar surface area (TPSA) is 54.1 Å². The number of rotatable bonds is 3. The number of carbonyl (C=O) groups is 1. The highest BCUT2D eigenvalue weighted by molar-refractivity contribution is 6.05. The second kappa shape index (κ2) is 4.82. The molecule has 1 aliphatic heterocycles. The van der Waals surface area contributed by atoms with Crippen molar-refractivity contribution >= 4 is 16.8 Å². The fourth-order valence-electron chi connectivity index (χ4n) is 2.38. The van der Waals surface area contributed by atoms with Crippen molar-refractivity contribution in [3.63, 3.8) is 0 Å². The van der Waals surface area contributed by atoms with Gasteiger partial charge in [-0.05, 0) is 25.0 Å². The Hall–Kier alpha value is -1.81. The smallest absolute Gasteiger partial charge is 0.253 e. The number of fused-ring (bicyclic) bond motifs is 1. The molecular formula is C14H16N2O2. The van der Waals surface area contributed by atoms with E-state index in [2.05, 4.69) is 10.3 Å². The van der Waals surface area contributed by atoms with Crippen LogP contribution in [0, 0.1) is 0 Å². The summed E-state index contributed by atoms with van der Waals surface area (Å²) in [5.41, 5.74) is 1.58. The summed E-state index contributed by atoms with van der Waals surface area (Å²) in [4.78, 5) is 15.2. The minimum absolute atomic E-state index is 0.0430. The number of carbonyl (C=O) groups excluding carboxylic acids is 1. The molecule has 2 aromatic rings. The Morgan fingerprint density at radius 2 is 2.39 bits per heavy atom. The molecule has 1 saturated heterocycles. The predicted octanol–water partition coefficient (Wildman–Crippen LogP) is 2.08. The summed E-state index contributed by atoms with van der Waals surface area (Å²) >= 11 is 0. The molecule has 0 bridgehead atoms. The molecule has 4 heteroatoms. The summed E-state index contributed by atoms with van der Waals surface area (Å²) < 4.78 is 5.49. The van der Waals surface area contributed by atoms with Gasteiger partial charge < -0.3 is 15.0 Å². The molecule has 2 N–H and O–H groups in total.